The van der Waals surface area contributed by atoms with Crippen LogP contribution in [0.25, 0.3) is 0 Å². The molecule has 0 spiro atoms. The Morgan fingerprint density at radius 3 is 2.38 bits per heavy atom. The van der Waals surface area contributed by atoms with Crippen LogP contribution in [0.2, 0.25) is 0 Å². The maximum Gasteiger partial charge on any atom is 0.269 e. The first kappa shape index (κ1) is 12.1. The van der Waals surface area contributed by atoms with Crippen LogP contribution in [-0.2, 0) is 10.0 Å². The largest absolute Gasteiger partial charge is 0.269 e. The first-order chi connectivity index (χ1) is 7.38. The highest BCUT2D eigenvalue weighted by atomic mass is 32.2. The average Bonchev–Trinajstić information content (AvgIpc) is 2.16. The standard InChI is InChI=1S/C8H9N3O4S/c1-16(14,15)10-9-6-7-2-4-8(5-3-7)11(12)13/h2-6,10H,1H3/b9-6-. The van der Waals surface area contributed by atoms with E-state index in [-0.39, 0.29) is 5.69 Å². The molecule has 7 nitrogen and oxygen atoms in total. The van der Waals surface area contributed by atoms with Crippen LogP contribution in [0.1, 0.15) is 5.56 Å². The van der Waals surface area contributed by atoms with Crippen molar-refractivity contribution < 1.29 is 13.3 Å². The lowest BCUT2D eigenvalue weighted by atomic mass is 10.2. The van der Waals surface area contributed by atoms with Gasteiger partial charge in [0.2, 0.25) is 10.0 Å². The van der Waals surface area contributed by atoms with Crippen LogP contribution in [-0.4, -0.2) is 25.8 Å². The van der Waals surface area contributed by atoms with Crippen molar-refractivity contribution in [3.63, 3.8) is 0 Å². The van der Waals surface area contributed by atoms with Gasteiger partial charge in [-0.15, -0.1) is 0 Å². The molecule has 0 fully saturated rings. The molecule has 0 bridgehead atoms. The molecule has 0 atom stereocenters. The highest BCUT2D eigenvalue weighted by Crippen LogP contribution is 2.10. The molecule has 1 aromatic carbocycles. The fraction of sp³-hybridized carbons (Fsp3) is 0.125. The van der Waals surface area contributed by atoms with Crippen LogP contribution in [0.5, 0.6) is 0 Å². The van der Waals surface area contributed by atoms with Crippen molar-refractivity contribution in [2.24, 2.45) is 5.10 Å². The monoisotopic (exact) mass is 243 g/mol. The topological polar surface area (TPSA) is 102 Å². The highest BCUT2D eigenvalue weighted by molar-refractivity contribution is 7.88. The summed E-state index contributed by atoms with van der Waals surface area (Å²) in [6.45, 7) is 0. The first-order valence-electron chi connectivity index (χ1n) is 4.13. The zero-order valence-corrected chi connectivity index (χ0v) is 9.14. The number of nitro benzene ring substituents is 1. The number of sulfonamides is 1. The molecule has 0 aliphatic carbocycles. The van der Waals surface area contributed by atoms with Gasteiger partial charge in [-0.3, -0.25) is 10.1 Å². The number of hydrazone groups is 1. The average molecular weight is 243 g/mol. The van der Waals surface area contributed by atoms with Crippen molar-refractivity contribution in [2.45, 2.75) is 0 Å². The normalized spacial score (nSPS) is 11.6. The minimum absolute atomic E-state index is 0.0341. The smallest absolute Gasteiger partial charge is 0.258 e. The van der Waals surface area contributed by atoms with Crippen molar-refractivity contribution in [1.29, 1.82) is 0 Å². The van der Waals surface area contributed by atoms with Gasteiger partial charge >= 0.3 is 0 Å². The van der Waals surface area contributed by atoms with E-state index in [1.165, 1.54) is 30.5 Å². The predicted octanol–water partition coefficient (Wildman–Crippen LogP) is 0.478. The third-order valence-electron chi connectivity index (χ3n) is 1.54. The Morgan fingerprint density at radius 1 is 1.38 bits per heavy atom. The Hall–Kier alpha value is -1.96. The van der Waals surface area contributed by atoms with E-state index >= 15 is 0 Å². The molecule has 0 aliphatic heterocycles. The van der Waals surface area contributed by atoms with Gasteiger partial charge in [-0.25, -0.2) is 13.2 Å². The maximum absolute atomic E-state index is 10.7. The van der Waals surface area contributed by atoms with E-state index in [0.29, 0.717) is 5.56 Å². The number of hydrogen-bond donors (Lipinski definition) is 1. The summed E-state index contributed by atoms with van der Waals surface area (Å²) >= 11 is 0. The number of nitrogens with one attached hydrogen (secondary N) is 1. The third-order valence-corrected chi connectivity index (χ3v) is 1.97. The summed E-state index contributed by atoms with van der Waals surface area (Å²) in [4.78, 5) is 11.7. The summed E-state index contributed by atoms with van der Waals surface area (Å²) in [7, 11) is -3.37. The van der Waals surface area contributed by atoms with E-state index in [4.69, 9.17) is 0 Å². The van der Waals surface area contributed by atoms with Gasteiger partial charge in [0.05, 0.1) is 17.4 Å². The summed E-state index contributed by atoms with van der Waals surface area (Å²) in [5.41, 5.74) is 0.523. The molecule has 8 heteroatoms. The summed E-state index contributed by atoms with van der Waals surface area (Å²) in [5, 5.41) is 13.8. The minimum Gasteiger partial charge on any atom is -0.258 e. The van der Waals surface area contributed by atoms with Crippen LogP contribution in [0.15, 0.2) is 29.4 Å². The fourth-order valence-electron chi connectivity index (χ4n) is 0.879. The molecule has 1 rings (SSSR count). The lowest BCUT2D eigenvalue weighted by Crippen LogP contribution is -2.15. The summed E-state index contributed by atoms with van der Waals surface area (Å²) < 4.78 is 21.3. The molecule has 0 aliphatic rings. The second-order valence-electron chi connectivity index (χ2n) is 2.97. The highest BCUT2D eigenvalue weighted by Gasteiger charge is 2.02. The quantitative estimate of drug-likeness (QED) is 0.472. The lowest BCUT2D eigenvalue weighted by molar-refractivity contribution is -0.384. The van der Waals surface area contributed by atoms with Gasteiger partial charge in [-0.1, -0.05) is 0 Å². The second kappa shape index (κ2) is 4.71. The van der Waals surface area contributed by atoms with Gasteiger partial charge in [0.1, 0.15) is 0 Å². The van der Waals surface area contributed by atoms with Gasteiger partial charge in [-0.2, -0.15) is 5.10 Å². The molecule has 0 aromatic heterocycles. The predicted molar refractivity (Wildman–Crippen MR) is 58.7 cm³/mol. The Labute approximate surface area is 92.0 Å². The molecule has 0 radical (unpaired) electrons. The zero-order chi connectivity index (χ0) is 12.2. The Bertz CT molecular complexity index is 507. The molecule has 0 amide bonds. The number of hydrogen-bond acceptors (Lipinski definition) is 5. The van der Waals surface area contributed by atoms with Gasteiger partial charge < -0.3 is 0 Å². The molecule has 0 saturated carbocycles. The molecule has 1 N–H and O–H groups in total. The number of rotatable bonds is 4. The molecule has 0 saturated heterocycles. The van der Waals surface area contributed by atoms with Crippen LogP contribution in [0.3, 0.4) is 0 Å². The van der Waals surface area contributed by atoms with Crippen molar-refractivity contribution in [2.75, 3.05) is 6.26 Å². The molecule has 16 heavy (non-hydrogen) atoms. The van der Waals surface area contributed by atoms with E-state index < -0.39 is 14.9 Å². The van der Waals surface area contributed by atoms with Gasteiger partial charge in [0.15, 0.2) is 0 Å². The summed E-state index contributed by atoms with van der Waals surface area (Å²) in [6.07, 6.45) is 2.23. The molecule has 0 heterocycles. The number of nitro groups is 1. The Morgan fingerprint density at radius 2 is 1.94 bits per heavy atom. The Kier molecular flexibility index (Phi) is 3.56. The number of nitrogens with zero attached hydrogens (tertiary/aromatic N) is 2. The third kappa shape index (κ3) is 4.05. The van der Waals surface area contributed by atoms with Gasteiger partial charge in [0, 0.05) is 12.1 Å². The van der Waals surface area contributed by atoms with Gasteiger partial charge in [-0.05, 0) is 17.7 Å². The van der Waals surface area contributed by atoms with E-state index in [2.05, 4.69) is 5.10 Å². The van der Waals surface area contributed by atoms with E-state index in [1.54, 1.807) is 0 Å². The SMILES string of the molecule is CS(=O)(=O)N/N=C\c1ccc([N+](=O)[O-])cc1. The minimum atomic E-state index is -3.37. The van der Waals surface area contributed by atoms with Crippen LogP contribution in [0, 0.1) is 10.1 Å². The van der Waals surface area contributed by atoms with Crippen LogP contribution in [0.4, 0.5) is 5.69 Å². The lowest BCUT2D eigenvalue weighted by Gasteiger charge is -1.95. The van der Waals surface area contributed by atoms with Crippen LogP contribution < -0.4 is 4.83 Å². The molecule has 86 valence electrons. The number of non-ortho nitro benzene ring substituents is 1. The number of benzene rings is 1. The Balaban J connectivity index is 2.73. The molecule has 1 aromatic rings. The van der Waals surface area contributed by atoms with Crippen molar-refractivity contribution >= 4 is 21.9 Å². The maximum atomic E-state index is 10.7. The van der Waals surface area contributed by atoms with Crippen molar-refractivity contribution in [3.05, 3.63) is 39.9 Å². The van der Waals surface area contributed by atoms with Crippen molar-refractivity contribution in [1.82, 2.24) is 4.83 Å². The zero-order valence-electron chi connectivity index (χ0n) is 8.32. The fourth-order valence-corrected chi connectivity index (χ4v) is 1.12. The van der Waals surface area contributed by atoms with Gasteiger partial charge in [0.25, 0.3) is 5.69 Å². The second-order valence-corrected chi connectivity index (χ2v) is 4.70. The van der Waals surface area contributed by atoms with E-state index in [9.17, 15) is 18.5 Å². The van der Waals surface area contributed by atoms with Crippen LogP contribution >= 0.6 is 0 Å². The molecular weight excluding hydrogens is 234 g/mol. The van der Waals surface area contributed by atoms with E-state index in [1.807, 2.05) is 4.83 Å². The molecule has 0 unspecified atom stereocenters. The molecular formula is C8H9N3O4S. The van der Waals surface area contributed by atoms with Crippen molar-refractivity contribution in [3.8, 4) is 0 Å². The first-order valence-corrected chi connectivity index (χ1v) is 6.02. The van der Waals surface area contributed by atoms with E-state index in [0.717, 1.165) is 6.26 Å². The summed E-state index contributed by atoms with van der Waals surface area (Å²) in [5.74, 6) is 0. The summed E-state index contributed by atoms with van der Waals surface area (Å²) in [6, 6.07) is 5.54.